The van der Waals surface area contributed by atoms with Crippen molar-refractivity contribution in [3.63, 3.8) is 0 Å². The Morgan fingerprint density at radius 1 is 1.58 bits per heavy atom. The molecule has 0 amide bonds. The number of hydrogen-bond acceptors (Lipinski definition) is 3. The van der Waals surface area contributed by atoms with E-state index in [0.717, 1.165) is 9.88 Å². The van der Waals surface area contributed by atoms with Crippen molar-refractivity contribution >= 4 is 17.2 Å². The second-order valence-electron chi connectivity index (χ2n) is 3.69. The van der Waals surface area contributed by atoms with Gasteiger partial charge in [0, 0.05) is 11.6 Å². The lowest BCUT2D eigenvalue weighted by Gasteiger charge is -2.13. The van der Waals surface area contributed by atoms with Crippen LogP contribution in [0.5, 0.6) is 0 Å². The first-order valence-electron chi connectivity index (χ1n) is 3.72. The standard InChI is InChI=1S/C8H13N3S/c1-8(2,3)7-11-4-5(12-7)6(9)10/h4H,1-3H3,(H3,9,10). The van der Waals surface area contributed by atoms with E-state index in [1.54, 1.807) is 6.20 Å². The molecule has 0 atom stereocenters. The Hall–Kier alpha value is -0.900. The Balaban J connectivity index is 3.00. The van der Waals surface area contributed by atoms with Crippen LogP contribution in [0.3, 0.4) is 0 Å². The Bertz CT molecular complexity index is 295. The molecular formula is C8H13N3S. The second kappa shape index (κ2) is 2.86. The summed E-state index contributed by atoms with van der Waals surface area (Å²) in [5.41, 5.74) is 5.38. The molecule has 4 heteroatoms. The quantitative estimate of drug-likeness (QED) is 0.514. The number of nitrogens with two attached hydrogens (primary N) is 1. The van der Waals surface area contributed by atoms with E-state index in [0.29, 0.717) is 0 Å². The van der Waals surface area contributed by atoms with E-state index in [1.165, 1.54) is 11.3 Å². The van der Waals surface area contributed by atoms with Gasteiger partial charge in [-0.1, -0.05) is 20.8 Å². The van der Waals surface area contributed by atoms with Gasteiger partial charge in [-0.2, -0.15) is 0 Å². The molecule has 0 unspecified atom stereocenters. The predicted molar refractivity (Wildman–Crippen MR) is 51.8 cm³/mol. The number of thiazole rings is 1. The number of amidine groups is 1. The first-order valence-corrected chi connectivity index (χ1v) is 4.53. The highest BCUT2D eigenvalue weighted by atomic mass is 32.1. The normalized spacial score (nSPS) is 11.6. The molecule has 0 spiro atoms. The van der Waals surface area contributed by atoms with Gasteiger partial charge in [0.05, 0.1) is 9.88 Å². The SMILES string of the molecule is CC(C)(C)c1ncc(C(=N)N)s1. The van der Waals surface area contributed by atoms with E-state index in [2.05, 4.69) is 25.8 Å². The van der Waals surface area contributed by atoms with E-state index < -0.39 is 0 Å². The summed E-state index contributed by atoms with van der Waals surface area (Å²) < 4.78 is 0. The minimum absolute atomic E-state index is 0.0539. The van der Waals surface area contributed by atoms with Gasteiger partial charge in [-0.15, -0.1) is 11.3 Å². The molecule has 1 rings (SSSR count). The number of aromatic nitrogens is 1. The number of hydrogen-bond donors (Lipinski definition) is 2. The first-order chi connectivity index (χ1) is 5.41. The van der Waals surface area contributed by atoms with Crippen LogP contribution in [-0.4, -0.2) is 10.8 Å². The lowest BCUT2D eigenvalue weighted by Crippen LogP contribution is -2.10. The smallest absolute Gasteiger partial charge is 0.134 e. The predicted octanol–water partition coefficient (Wildman–Crippen LogP) is 1.72. The van der Waals surface area contributed by atoms with Crippen LogP contribution in [0.15, 0.2) is 6.20 Å². The van der Waals surface area contributed by atoms with E-state index in [-0.39, 0.29) is 11.3 Å². The average Bonchev–Trinajstić information content (AvgIpc) is 2.30. The monoisotopic (exact) mass is 183 g/mol. The van der Waals surface area contributed by atoms with Crippen molar-refractivity contribution in [2.45, 2.75) is 26.2 Å². The van der Waals surface area contributed by atoms with E-state index in [9.17, 15) is 0 Å². The van der Waals surface area contributed by atoms with Crippen molar-refractivity contribution < 1.29 is 0 Å². The summed E-state index contributed by atoms with van der Waals surface area (Å²) in [5, 5.41) is 8.22. The van der Waals surface area contributed by atoms with Crippen LogP contribution in [0, 0.1) is 5.41 Å². The zero-order valence-corrected chi connectivity index (χ0v) is 8.33. The highest BCUT2D eigenvalue weighted by Gasteiger charge is 2.18. The Kier molecular flexibility index (Phi) is 2.19. The zero-order chi connectivity index (χ0) is 9.35. The van der Waals surface area contributed by atoms with Crippen LogP contribution < -0.4 is 5.73 Å². The molecule has 0 aliphatic carbocycles. The fourth-order valence-corrected chi connectivity index (χ4v) is 1.58. The maximum atomic E-state index is 7.20. The Morgan fingerprint density at radius 2 is 2.17 bits per heavy atom. The van der Waals surface area contributed by atoms with Gasteiger partial charge in [0.15, 0.2) is 0 Å². The minimum Gasteiger partial charge on any atom is -0.383 e. The van der Waals surface area contributed by atoms with Gasteiger partial charge in [0.25, 0.3) is 0 Å². The molecular weight excluding hydrogens is 170 g/mol. The van der Waals surface area contributed by atoms with Crippen LogP contribution in [-0.2, 0) is 5.41 Å². The molecule has 0 fully saturated rings. The molecule has 0 aliphatic rings. The topological polar surface area (TPSA) is 62.8 Å². The second-order valence-corrected chi connectivity index (χ2v) is 4.72. The third-order valence-electron chi connectivity index (χ3n) is 1.41. The number of nitrogens with one attached hydrogen (secondary N) is 1. The van der Waals surface area contributed by atoms with E-state index in [4.69, 9.17) is 11.1 Å². The summed E-state index contributed by atoms with van der Waals surface area (Å²) in [7, 11) is 0. The summed E-state index contributed by atoms with van der Waals surface area (Å²) in [6.07, 6.45) is 1.66. The maximum Gasteiger partial charge on any atom is 0.134 e. The Morgan fingerprint density at radius 3 is 2.42 bits per heavy atom. The van der Waals surface area contributed by atoms with Crippen molar-refractivity contribution in [3.8, 4) is 0 Å². The van der Waals surface area contributed by atoms with Gasteiger partial charge >= 0.3 is 0 Å². The Labute approximate surface area is 76.1 Å². The lowest BCUT2D eigenvalue weighted by molar-refractivity contribution is 0.585. The van der Waals surface area contributed by atoms with Crippen molar-refractivity contribution in [1.29, 1.82) is 5.41 Å². The molecule has 1 aromatic heterocycles. The van der Waals surface area contributed by atoms with Crippen LogP contribution in [0.25, 0.3) is 0 Å². The fourth-order valence-electron chi connectivity index (χ4n) is 0.745. The van der Waals surface area contributed by atoms with Gasteiger partial charge < -0.3 is 5.73 Å². The highest BCUT2D eigenvalue weighted by Crippen LogP contribution is 2.26. The summed E-state index contributed by atoms with van der Waals surface area (Å²) in [6, 6.07) is 0. The number of nitrogen functional groups attached to an aromatic ring is 1. The van der Waals surface area contributed by atoms with E-state index in [1.807, 2.05) is 0 Å². The van der Waals surface area contributed by atoms with Gasteiger partial charge in [-0.05, 0) is 0 Å². The summed E-state index contributed by atoms with van der Waals surface area (Å²) in [4.78, 5) is 4.96. The van der Waals surface area contributed by atoms with Gasteiger partial charge in [-0.25, -0.2) is 4.98 Å². The molecule has 0 saturated heterocycles. The van der Waals surface area contributed by atoms with Crippen molar-refractivity contribution in [3.05, 3.63) is 16.1 Å². The molecule has 12 heavy (non-hydrogen) atoms. The van der Waals surface area contributed by atoms with Gasteiger partial charge in [0.1, 0.15) is 5.84 Å². The molecule has 0 bridgehead atoms. The molecule has 0 aliphatic heterocycles. The minimum atomic E-state index is 0.0539. The third-order valence-corrected chi connectivity index (χ3v) is 2.87. The third kappa shape index (κ3) is 1.82. The summed E-state index contributed by atoms with van der Waals surface area (Å²) in [5.74, 6) is 0.100. The van der Waals surface area contributed by atoms with Crippen LogP contribution in [0.2, 0.25) is 0 Å². The molecule has 1 heterocycles. The highest BCUT2D eigenvalue weighted by molar-refractivity contribution is 7.13. The van der Waals surface area contributed by atoms with Crippen LogP contribution in [0.4, 0.5) is 0 Å². The molecule has 1 aromatic rings. The molecule has 3 N–H and O–H groups in total. The zero-order valence-electron chi connectivity index (χ0n) is 7.51. The lowest BCUT2D eigenvalue weighted by atomic mass is 9.98. The van der Waals surface area contributed by atoms with Crippen molar-refractivity contribution in [1.82, 2.24) is 4.98 Å². The van der Waals surface area contributed by atoms with Crippen LogP contribution >= 0.6 is 11.3 Å². The molecule has 3 nitrogen and oxygen atoms in total. The maximum absolute atomic E-state index is 7.20. The molecule has 0 saturated carbocycles. The van der Waals surface area contributed by atoms with Gasteiger partial charge in [-0.3, -0.25) is 5.41 Å². The molecule has 0 radical (unpaired) electrons. The van der Waals surface area contributed by atoms with Crippen molar-refractivity contribution in [2.24, 2.45) is 5.73 Å². The fraction of sp³-hybridized carbons (Fsp3) is 0.500. The summed E-state index contributed by atoms with van der Waals surface area (Å²) >= 11 is 1.49. The largest absolute Gasteiger partial charge is 0.383 e. The van der Waals surface area contributed by atoms with Crippen LogP contribution in [0.1, 0.15) is 30.7 Å². The average molecular weight is 183 g/mol. The first kappa shape index (κ1) is 9.19. The molecule has 66 valence electrons. The molecule has 0 aromatic carbocycles. The van der Waals surface area contributed by atoms with E-state index >= 15 is 0 Å². The van der Waals surface area contributed by atoms with Gasteiger partial charge in [0.2, 0.25) is 0 Å². The number of nitrogens with zero attached hydrogens (tertiary/aromatic N) is 1. The van der Waals surface area contributed by atoms with Crippen molar-refractivity contribution in [2.75, 3.05) is 0 Å². The summed E-state index contributed by atoms with van der Waals surface area (Å²) in [6.45, 7) is 6.28. The number of rotatable bonds is 1.